The number of hydrogen-bond acceptors (Lipinski definition) is 5. The molecule has 47 heavy (non-hydrogen) atoms. The van der Waals surface area contributed by atoms with Crippen molar-refractivity contribution in [2.75, 3.05) is 13.2 Å². The molecule has 0 amide bonds. The molecule has 0 aliphatic heterocycles. The minimum absolute atomic E-state index is 0.0177. The average Bonchev–Trinajstić information content (AvgIpc) is 2.99. The second-order valence-electron chi connectivity index (χ2n) is 13.0. The molecule has 1 unspecified atom stereocenters. The lowest BCUT2D eigenvalue weighted by molar-refractivity contribution is -0.151. The molecule has 0 N–H and O–H groups in total. The summed E-state index contributed by atoms with van der Waals surface area (Å²) in [5.74, 6) is -2.69. The SMILES string of the molecule is CCCCCc1ccc(-c2cc3ccc(OCCCC(F)(F)CCCOC(=O)C(CC(C)C)C(C)C)cc3sc2=O)c(C(F)(F)F)c1. The molecule has 0 saturated carbocycles. The van der Waals surface area contributed by atoms with Gasteiger partial charge in [0.25, 0.3) is 0 Å². The lowest BCUT2D eigenvalue weighted by Gasteiger charge is -2.21. The largest absolute Gasteiger partial charge is 0.494 e. The molecule has 10 heteroatoms. The molecule has 1 heterocycles. The molecule has 0 aliphatic carbocycles. The molecule has 0 bridgehead atoms. The molecular weight excluding hydrogens is 635 g/mol. The first-order chi connectivity index (χ1) is 22.1. The third-order valence-electron chi connectivity index (χ3n) is 8.18. The van der Waals surface area contributed by atoms with Crippen LogP contribution in [-0.4, -0.2) is 25.1 Å². The van der Waals surface area contributed by atoms with Crippen LogP contribution in [0.4, 0.5) is 22.0 Å². The van der Waals surface area contributed by atoms with Crippen molar-refractivity contribution in [2.24, 2.45) is 17.8 Å². The number of fused-ring (bicyclic) bond motifs is 1. The van der Waals surface area contributed by atoms with E-state index in [1.54, 1.807) is 24.3 Å². The minimum atomic E-state index is -4.62. The standard InChI is InChI=1S/C37H47F5O4S/c1-6-7-8-11-26-12-15-29(32(21-26)37(40,41)42)31-22-27-13-14-28(23-33(27)47-35(31)44)45-18-9-16-36(38,39)17-10-19-46-34(43)30(25(4)5)20-24(2)3/h12-15,21-25,30H,6-11,16-20H2,1-5H3. The number of benzene rings is 2. The maximum atomic E-state index is 14.5. The van der Waals surface area contributed by atoms with Gasteiger partial charge in [0, 0.05) is 23.1 Å². The second-order valence-corrected chi connectivity index (χ2v) is 14.1. The van der Waals surface area contributed by atoms with Crippen LogP contribution in [0.15, 0.2) is 47.3 Å². The molecule has 1 atom stereocenters. The average molecular weight is 683 g/mol. The van der Waals surface area contributed by atoms with Crippen LogP contribution >= 0.6 is 11.3 Å². The van der Waals surface area contributed by atoms with Gasteiger partial charge in [0.1, 0.15) is 5.75 Å². The van der Waals surface area contributed by atoms with Crippen molar-refractivity contribution in [3.63, 3.8) is 0 Å². The van der Waals surface area contributed by atoms with E-state index >= 15 is 0 Å². The summed E-state index contributed by atoms with van der Waals surface area (Å²) in [7, 11) is 0. The van der Waals surface area contributed by atoms with Crippen LogP contribution < -0.4 is 9.48 Å². The van der Waals surface area contributed by atoms with Crippen LogP contribution in [0.3, 0.4) is 0 Å². The summed E-state index contributed by atoms with van der Waals surface area (Å²) in [4.78, 5) is 25.4. The summed E-state index contributed by atoms with van der Waals surface area (Å²) in [5.41, 5.74) is -0.404. The summed E-state index contributed by atoms with van der Waals surface area (Å²) in [6.45, 7) is 9.96. The molecule has 0 aliphatic rings. The quantitative estimate of drug-likeness (QED) is 0.0761. The van der Waals surface area contributed by atoms with Crippen LogP contribution in [0.2, 0.25) is 0 Å². The summed E-state index contributed by atoms with van der Waals surface area (Å²) in [5, 5.41) is 0.577. The third kappa shape index (κ3) is 11.9. The van der Waals surface area contributed by atoms with Crippen molar-refractivity contribution in [1.82, 2.24) is 0 Å². The zero-order valence-electron chi connectivity index (χ0n) is 28.0. The number of ether oxygens (including phenoxy) is 2. The van der Waals surface area contributed by atoms with Crippen LogP contribution in [0.5, 0.6) is 5.75 Å². The van der Waals surface area contributed by atoms with Crippen LogP contribution in [0, 0.1) is 17.8 Å². The number of hydrogen-bond donors (Lipinski definition) is 0. The predicted molar refractivity (Wildman–Crippen MR) is 179 cm³/mol. The Morgan fingerprint density at radius 1 is 0.851 bits per heavy atom. The van der Waals surface area contributed by atoms with Gasteiger partial charge >= 0.3 is 12.1 Å². The summed E-state index contributed by atoms with van der Waals surface area (Å²) < 4.78 is 82.0. The van der Waals surface area contributed by atoms with Gasteiger partial charge in [0.2, 0.25) is 10.7 Å². The van der Waals surface area contributed by atoms with Crippen LogP contribution in [0.1, 0.15) is 97.1 Å². The van der Waals surface area contributed by atoms with E-state index in [1.807, 2.05) is 34.6 Å². The lowest BCUT2D eigenvalue weighted by atomic mass is 9.88. The third-order valence-corrected chi connectivity index (χ3v) is 9.15. The smallest absolute Gasteiger partial charge is 0.417 e. The zero-order chi connectivity index (χ0) is 34.8. The lowest BCUT2D eigenvalue weighted by Crippen LogP contribution is -2.25. The molecule has 1 aromatic heterocycles. The Morgan fingerprint density at radius 2 is 1.55 bits per heavy atom. The number of carbonyl (C=O) groups is 1. The normalized spacial score (nSPS) is 13.0. The highest BCUT2D eigenvalue weighted by atomic mass is 32.1. The second kappa shape index (κ2) is 17.4. The van der Waals surface area contributed by atoms with Crippen molar-refractivity contribution in [3.8, 4) is 16.9 Å². The molecular formula is C37H47F5O4S. The number of aryl methyl sites for hydroxylation is 1. The Bertz CT molecular complexity index is 1510. The Labute approximate surface area is 278 Å². The maximum absolute atomic E-state index is 14.5. The van der Waals surface area contributed by atoms with Gasteiger partial charge in [-0.25, -0.2) is 8.78 Å². The summed E-state index contributed by atoms with van der Waals surface area (Å²) >= 11 is 0.821. The highest BCUT2D eigenvalue weighted by Crippen LogP contribution is 2.38. The highest BCUT2D eigenvalue weighted by Gasteiger charge is 2.35. The fourth-order valence-electron chi connectivity index (χ4n) is 5.57. The van der Waals surface area contributed by atoms with E-state index in [-0.39, 0.29) is 55.0 Å². The first kappa shape index (κ1) is 38.4. The Balaban J connectivity index is 1.57. The predicted octanol–water partition coefficient (Wildman–Crippen LogP) is 11.1. The molecule has 2 aromatic carbocycles. The minimum Gasteiger partial charge on any atom is -0.494 e. The van der Waals surface area contributed by atoms with Gasteiger partial charge in [0.15, 0.2) is 0 Å². The van der Waals surface area contributed by atoms with Crippen molar-refractivity contribution in [3.05, 3.63) is 63.1 Å². The van der Waals surface area contributed by atoms with Gasteiger partial charge < -0.3 is 9.47 Å². The monoisotopic (exact) mass is 682 g/mol. The molecule has 0 spiro atoms. The number of alkyl halides is 5. The number of halogens is 5. The molecule has 4 nitrogen and oxygen atoms in total. The fourth-order valence-corrected chi connectivity index (χ4v) is 6.47. The van der Waals surface area contributed by atoms with Crippen molar-refractivity contribution < 1.29 is 36.2 Å². The van der Waals surface area contributed by atoms with E-state index in [1.165, 1.54) is 12.1 Å². The molecule has 0 fully saturated rings. The molecule has 0 saturated heterocycles. The molecule has 0 radical (unpaired) electrons. The van der Waals surface area contributed by atoms with Crippen molar-refractivity contribution >= 4 is 27.4 Å². The number of rotatable bonds is 18. The van der Waals surface area contributed by atoms with Gasteiger partial charge in [0.05, 0.1) is 24.7 Å². The molecule has 3 aromatic rings. The first-order valence-corrected chi connectivity index (χ1v) is 17.4. The van der Waals surface area contributed by atoms with Crippen LogP contribution in [-0.2, 0) is 22.1 Å². The fraction of sp³-hybridized carbons (Fsp3) is 0.568. The number of esters is 1. The Morgan fingerprint density at radius 3 is 2.19 bits per heavy atom. The van der Waals surface area contributed by atoms with Gasteiger partial charge in [-0.3, -0.25) is 9.59 Å². The van der Waals surface area contributed by atoms with Crippen molar-refractivity contribution in [2.45, 2.75) is 105 Å². The van der Waals surface area contributed by atoms with E-state index in [9.17, 15) is 31.5 Å². The maximum Gasteiger partial charge on any atom is 0.417 e. The van der Waals surface area contributed by atoms with Gasteiger partial charge in [-0.05, 0) is 90.8 Å². The Kier molecular flexibility index (Phi) is 14.2. The van der Waals surface area contributed by atoms with Crippen LogP contribution in [0.25, 0.3) is 21.2 Å². The summed E-state index contributed by atoms with van der Waals surface area (Å²) in [6, 6.07) is 10.5. The number of carbonyl (C=O) groups excluding carboxylic acids is 1. The van der Waals surface area contributed by atoms with E-state index in [4.69, 9.17) is 9.47 Å². The van der Waals surface area contributed by atoms with E-state index in [2.05, 4.69) is 0 Å². The highest BCUT2D eigenvalue weighted by molar-refractivity contribution is 7.16. The topological polar surface area (TPSA) is 52.6 Å². The Hall–Kier alpha value is -3.01. The first-order valence-electron chi connectivity index (χ1n) is 16.6. The van der Waals surface area contributed by atoms with E-state index in [0.29, 0.717) is 40.2 Å². The molecule has 260 valence electrons. The van der Waals surface area contributed by atoms with E-state index in [0.717, 1.165) is 36.7 Å². The van der Waals surface area contributed by atoms with Gasteiger partial charge in [-0.15, -0.1) is 0 Å². The van der Waals surface area contributed by atoms with Gasteiger partial charge in [-0.1, -0.05) is 70.9 Å². The van der Waals surface area contributed by atoms with Crippen molar-refractivity contribution in [1.29, 1.82) is 0 Å². The molecule has 3 rings (SSSR count). The van der Waals surface area contributed by atoms with Gasteiger partial charge in [-0.2, -0.15) is 13.2 Å². The summed E-state index contributed by atoms with van der Waals surface area (Å²) in [6.07, 6.45) is -1.36. The number of unbranched alkanes of at least 4 members (excludes halogenated alkanes) is 2. The zero-order valence-corrected chi connectivity index (χ0v) is 28.8. The van der Waals surface area contributed by atoms with E-state index < -0.39 is 35.2 Å².